The molecule has 2 aromatic rings. The highest BCUT2D eigenvalue weighted by Gasteiger charge is 2.26. The van der Waals surface area contributed by atoms with Crippen LogP contribution in [-0.2, 0) is 0 Å². The molecule has 2 amide bonds. The molecule has 3 rings (SSSR count). The first-order chi connectivity index (χ1) is 13.5. The zero-order chi connectivity index (χ0) is 20.1. The van der Waals surface area contributed by atoms with E-state index in [4.69, 9.17) is 9.47 Å². The van der Waals surface area contributed by atoms with Gasteiger partial charge in [0.25, 0.3) is 11.8 Å². The van der Waals surface area contributed by atoms with Gasteiger partial charge in [-0.3, -0.25) is 9.59 Å². The molecule has 148 valence electrons. The SMILES string of the molecule is COc1cc(OC)cc(C(=O)N2CCC(NC(=O)c3ccccc3F)CC2)c1. The number of piperidine rings is 1. The minimum atomic E-state index is -0.542. The Kier molecular flexibility index (Phi) is 6.13. The van der Waals surface area contributed by atoms with Gasteiger partial charge in [0.05, 0.1) is 19.8 Å². The van der Waals surface area contributed by atoms with Crippen LogP contribution in [0.2, 0.25) is 0 Å². The van der Waals surface area contributed by atoms with Gasteiger partial charge in [0, 0.05) is 30.8 Å². The molecule has 28 heavy (non-hydrogen) atoms. The fourth-order valence-corrected chi connectivity index (χ4v) is 3.25. The number of hydrogen-bond acceptors (Lipinski definition) is 4. The van der Waals surface area contributed by atoms with Gasteiger partial charge in [-0.2, -0.15) is 0 Å². The highest BCUT2D eigenvalue weighted by Crippen LogP contribution is 2.24. The number of nitrogens with zero attached hydrogens (tertiary/aromatic N) is 1. The van der Waals surface area contributed by atoms with Crippen LogP contribution in [0, 0.1) is 5.82 Å². The van der Waals surface area contributed by atoms with E-state index < -0.39 is 11.7 Å². The number of hydrogen-bond donors (Lipinski definition) is 1. The molecule has 0 unspecified atom stereocenters. The first kappa shape index (κ1) is 19.7. The van der Waals surface area contributed by atoms with Crippen LogP contribution in [0.25, 0.3) is 0 Å². The van der Waals surface area contributed by atoms with Crippen molar-refractivity contribution in [3.63, 3.8) is 0 Å². The van der Waals surface area contributed by atoms with Gasteiger partial charge in [0.1, 0.15) is 17.3 Å². The number of amides is 2. The fourth-order valence-electron chi connectivity index (χ4n) is 3.25. The summed E-state index contributed by atoms with van der Waals surface area (Å²) < 4.78 is 24.2. The van der Waals surface area contributed by atoms with Crippen LogP contribution in [0.3, 0.4) is 0 Å². The maximum absolute atomic E-state index is 13.7. The lowest BCUT2D eigenvalue weighted by atomic mass is 10.0. The molecule has 1 heterocycles. The molecule has 1 N–H and O–H groups in total. The summed E-state index contributed by atoms with van der Waals surface area (Å²) in [6.07, 6.45) is 1.21. The molecule has 7 heteroatoms. The van der Waals surface area contributed by atoms with Crippen LogP contribution in [-0.4, -0.2) is 50.1 Å². The van der Waals surface area contributed by atoms with E-state index in [0.717, 1.165) is 0 Å². The monoisotopic (exact) mass is 386 g/mol. The second-order valence-corrected chi connectivity index (χ2v) is 6.62. The van der Waals surface area contributed by atoms with Gasteiger partial charge in [0.15, 0.2) is 0 Å². The number of methoxy groups -OCH3 is 2. The van der Waals surface area contributed by atoms with Crippen molar-refractivity contribution in [2.24, 2.45) is 0 Å². The standard InChI is InChI=1S/C21H23FN2O4/c1-27-16-11-14(12-17(13-16)28-2)21(26)24-9-7-15(8-10-24)23-20(25)18-5-3-4-6-19(18)22/h3-6,11-13,15H,7-10H2,1-2H3,(H,23,25). The highest BCUT2D eigenvalue weighted by atomic mass is 19.1. The summed E-state index contributed by atoms with van der Waals surface area (Å²) in [7, 11) is 3.07. The predicted octanol–water partition coefficient (Wildman–Crippen LogP) is 2.88. The average Bonchev–Trinajstić information content (AvgIpc) is 2.73. The summed E-state index contributed by atoms with van der Waals surface area (Å²) in [4.78, 5) is 26.8. The molecule has 1 saturated heterocycles. The Bertz CT molecular complexity index is 841. The van der Waals surface area contributed by atoms with Crippen molar-refractivity contribution < 1.29 is 23.5 Å². The minimum absolute atomic E-state index is 0.0319. The molecule has 0 aromatic heterocycles. The van der Waals surface area contributed by atoms with E-state index >= 15 is 0 Å². The molecule has 1 fully saturated rings. The highest BCUT2D eigenvalue weighted by molar-refractivity contribution is 5.96. The predicted molar refractivity (Wildman–Crippen MR) is 102 cm³/mol. The van der Waals surface area contributed by atoms with Gasteiger partial charge < -0.3 is 19.7 Å². The van der Waals surface area contributed by atoms with E-state index in [2.05, 4.69) is 5.32 Å². The van der Waals surface area contributed by atoms with Crippen LogP contribution in [0.15, 0.2) is 42.5 Å². The maximum Gasteiger partial charge on any atom is 0.254 e. The first-order valence-corrected chi connectivity index (χ1v) is 9.09. The molecule has 0 radical (unpaired) electrons. The largest absolute Gasteiger partial charge is 0.497 e. The van der Waals surface area contributed by atoms with Gasteiger partial charge in [-0.25, -0.2) is 4.39 Å². The molecule has 0 bridgehead atoms. The maximum atomic E-state index is 13.7. The number of nitrogens with one attached hydrogen (secondary N) is 1. The van der Waals surface area contributed by atoms with Crippen molar-refractivity contribution >= 4 is 11.8 Å². The third kappa shape index (κ3) is 4.42. The number of benzene rings is 2. The summed E-state index contributed by atoms with van der Waals surface area (Å²) in [6, 6.07) is 10.9. The van der Waals surface area contributed by atoms with Gasteiger partial charge in [-0.1, -0.05) is 12.1 Å². The van der Waals surface area contributed by atoms with E-state index in [9.17, 15) is 14.0 Å². The molecular formula is C21H23FN2O4. The summed E-state index contributed by atoms with van der Waals surface area (Å²) in [5, 5.41) is 2.85. The number of halogens is 1. The molecule has 0 atom stereocenters. The van der Waals surface area contributed by atoms with Gasteiger partial charge in [0.2, 0.25) is 0 Å². The van der Waals surface area contributed by atoms with Gasteiger partial charge >= 0.3 is 0 Å². The minimum Gasteiger partial charge on any atom is -0.497 e. The molecule has 1 aliphatic rings. The number of rotatable bonds is 5. The van der Waals surface area contributed by atoms with Crippen LogP contribution >= 0.6 is 0 Å². The Hall–Kier alpha value is -3.09. The number of likely N-dealkylation sites (tertiary alicyclic amines) is 1. The summed E-state index contributed by atoms with van der Waals surface area (Å²) >= 11 is 0. The average molecular weight is 386 g/mol. The van der Waals surface area contributed by atoms with E-state index in [0.29, 0.717) is 43.0 Å². The second-order valence-electron chi connectivity index (χ2n) is 6.62. The van der Waals surface area contributed by atoms with Gasteiger partial charge in [-0.15, -0.1) is 0 Å². The third-order valence-corrected chi connectivity index (χ3v) is 4.83. The molecule has 1 aliphatic heterocycles. The van der Waals surface area contributed by atoms with Crippen molar-refractivity contribution in [1.29, 1.82) is 0 Å². The van der Waals surface area contributed by atoms with Crippen LogP contribution in [0.4, 0.5) is 4.39 Å². The Balaban J connectivity index is 1.60. The van der Waals surface area contributed by atoms with E-state index in [1.807, 2.05) is 0 Å². The third-order valence-electron chi connectivity index (χ3n) is 4.83. The quantitative estimate of drug-likeness (QED) is 0.858. The van der Waals surface area contributed by atoms with Crippen molar-refractivity contribution in [3.05, 3.63) is 59.4 Å². The first-order valence-electron chi connectivity index (χ1n) is 9.09. The zero-order valence-corrected chi connectivity index (χ0v) is 15.9. The van der Waals surface area contributed by atoms with Crippen LogP contribution < -0.4 is 14.8 Å². The lowest BCUT2D eigenvalue weighted by Crippen LogP contribution is -2.46. The van der Waals surface area contributed by atoms with Crippen molar-refractivity contribution in [1.82, 2.24) is 10.2 Å². The van der Waals surface area contributed by atoms with Crippen LogP contribution in [0.1, 0.15) is 33.6 Å². The number of ether oxygens (including phenoxy) is 2. The topological polar surface area (TPSA) is 67.9 Å². The summed E-state index contributed by atoms with van der Waals surface area (Å²) in [5.41, 5.74) is 0.523. The normalized spacial score (nSPS) is 14.5. The van der Waals surface area contributed by atoms with Crippen molar-refractivity contribution in [2.45, 2.75) is 18.9 Å². The van der Waals surface area contributed by atoms with E-state index in [-0.39, 0.29) is 17.5 Å². The second kappa shape index (κ2) is 8.73. The fraction of sp³-hybridized carbons (Fsp3) is 0.333. The van der Waals surface area contributed by atoms with Gasteiger partial charge in [-0.05, 0) is 37.1 Å². The lowest BCUT2D eigenvalue weighted by molar-refractivity contribution is 0.0697. The zero-order valence-electron chi connectivity index (χ0n) is 15.9. The lowest BCUT2D eigenvalue weighted by Gasteiger charge is -2.32. The van der Waals surface area contributed by atoms with Crippen LogP contribution in [0.5, 0.6) is 11.5 Å². The molecule has 2 aromatic carbocycles. The summed E-state index contributed by atoms with van der Waals surface area (Å²) in [5.74, 6) is 0.0144. The van der Waals surface area contributed by atoms with Crippen molar-refractivity contribution in [2.75, 3.05) is 27.3 Å². The smallest absolute Gasteiger partial charge is 0.254 e. The number of carbonyl (C=O) groups excluding carboxylic acids is 2. The Morgan fingerprint density at radius 3 is 2.21 bits per heavy atom. The van der Waals surface area contributed by atoms with E-state index in [1.165, 1.54) is 26.4 Å². The number of carbonyl (C=O) groups is 2. The molecule has 0 aliphatic carbocycles. The Morgan fingerprint density at radius 1 is 1.04 bits per heavy atom. The molecule has 0 spiro atoms. The Morgan fingerprint density at radius 2 is 1.64 bits per heavy atom. The Labute approximate surface area is 163 Å². The molecule has 0 saturated carbocycles. The molecule has 6 nitrogen and oxygen atoms in total. The summed E-state index contributed by atoms with van der Waals surface area (Å²) in [6.45, 7) is 1.00. The van der Waals surface area contributed by atoms with Crippen molar-refractivity contribution in [3.8, 4) is 11.5 Å². The molecular weight excluding hydrogens is 363 g/mol. The van der Waals surface area contributed by atoms with E-state index in [1.54, 1.807) is 35.2 Å².